The predicted octanol–water partition coefficient (Wildman–Crippen LogP) is 3.58. The van der Waals surface area contributed by atoms with Crippen LogP contribution in [0.1, 0.15) is 61.8 Å². The Kier molecular flexibility index (Phi) is 4.69. The second kappa shape index (κ2) is 5.47. The van der Waals surface area contributed by atoms with Gasteiger partial charge in [0.1, 0.15) is 5.41 Å². The quantitative estimate of drug-likeness (QED) is 0.625. The Morgan fingerprint density at radius 2 is 1.59 bits per heavy atom. The molecule has 126 valence electrons. The van der Waals surface area contributed by atoms with E-state index >= 15 is 0 Å². The molecule has 0 heterocycles. The van der Waals surface area contributed by atoms with Crippen molar-refractivity contribution in [2.24, 2.45) is 34.0 Å². The number of aliphatic carboxylic acids is 1. The summed E-state index contributed by atoms with van der Waals surface area (Å²) in [6.07, 6.45) is 0.454. The van der Waals surface area contributed by atoms with Crippen molar-refractivity contribution in [3.63, 3.8) is 0 Å². The minimum absolute atomic E-state index is 0.0113. The van der Waals surface area contributed by atoms with E-state index in [1.54, 1.807) is 20.8 Å². The van der Waals surface area contributed by atoms with Gasteiger partial charge in [-0.25, -0.2) is 0 Å². The van der Waals surface area contributed by atoms with E-state index in [1.807, 2.05) is 34.6 Å². The van der Waals surface area contributed by atoms with Crippen molar-refractivity contribution in [3.8, 4) is 0 Å². The Morgan fingerprint density at radius 3 is 1.86 bits per heavy atom. The first kappa shape index (κ1) is 18.9. The zero-order valence-electron chi connectivity index (χ0n) is 15.1. The Hall–Kier alpha value is -1.19. The number of Topliss-reactive ketones (excluding diaryl/α,β-unsaturated/α-hetero) is 2. The molecular weight excluding hydrogens is 280 g/mol. The smallest absolute Gasteiger partial charge is 0.318 e. The zero-order chi connectivity index (χ0) is 17.7. The van der Waals surface area contributed by atoms with Gasteiger partial charge in [0.2, 0.25) is 11.6 Å². The normalized spacial score (nSPS) is 30.8. The number of carboxylic acids is 1. The van der Waals surface area contributed by atoms with Crippen molar-refractivity contribution < 1.29 is 19.5 Å². The van der Waals surface area contributed by atoms with Crippen LogP contribution < -0.4 is 0 Å². The van der Waals surface area contributed by atoms with Crippen LogP contribution in [-0.4, -0.2) is 22.6 Å². The molecule has 0 aromatic rings. The molecule has 0 bridgehead atoms. The molecule has 0 amide bonds. The lowest BCUT2D eigenvalue weighted by Crippen LogP contribution is -2.63. The third kappa shape index (κ3) is 2.61. The summed E-state index contributed by atoms with van der Waals surface area (Å²) in [4.78, 5) is 37.8. The van der Waals surface area contributed by atoms with Crippen LogP contribution in [0.3, 0.4) is 0 Å². The maximum atomic E-state index is 13.0. The second-order valence-corrected chi connectivity index (χ2v) is 9.06. The molecule has 1 aliphatic carbocycles. The fourth-order valence-electron chi connectivity index (χ4n) is 4.05. The average molecular weight is 310 g/mol. The molecule has 3 atom stereocenters. The first-order chi connectivity index (χ1) is 9.69. The van der Waals surface area contributed by atoms with Crippen LogP contribution in [0.4, 0.5) is 0 Å². The van der Waals surface area contributed by atoms with Crippen molar-refractivity contribution in [1.82, 2.24) is 0 Å². The van der Waals surface area contributed by atoms with E-state index in [0.717, 1.165) is 0 Å². The monoisotopic (exact) mass is 310 g/mol. The van der Waals surface area contributed by atoms with Crippen LogP contribution in [0, 0.1) is 34.0 Å². The molecule has 0 aromatic heterocycles. The van der Waals surface area contributed by atoms with E-state index in [4.69, 9.17) is 0 Å². The van der Waals surface area contributed by atoms with Gasteiger partial charge in [-0.3, -0.25) is 14.4 Å². The molecule has 0 aromatic carbocycles. The lowest BCUT2D eigenvalue weighted by Gasteiger charge is -2.52. The lowest BCUT2D eigenvalue weighted by atomic mass is 9.47. The number of ketones is 2. The third-order valence-corrected chi connectivity index (χ3v) is 5.31. The van der Waals surface area contributed by atoms with Crippen LogP contribution in [0.25, 0.3) is 0 Å². The number of hydrogen-bond donors (Lipinski definition) is 1. The Labute approximate surface area is 133 Å². The van der Waals surface area contributed by atoms with Gasteiger partial charge < -0.3 is 5.11 Å². The Balaban J connectivity index is 3.61. The van der Waals surface area contributed by atoms with Crippen LogP contribution in [0.5, 0.6) is 0 Å². The maximum absolute atomic E-state index is 13.0. The van der Waals surface area contributed by atoms with Crippen LogP contribution in [0.15, 0.2) is 0 Å². The standard InChI is InChI=1S/C18H30O4/c1-10(2)11-9-12(16(3,4)5)13(19)14(20)18(11,15(21)22)17(6,7)8/h10-12H,9H2,1-8H3,(H,21,22). The molecule has 0 saturated heterocycles. The van der Waals surface area contributed by atoms with Crippen LogP contribution >= 0.6 is 0 Å². The largest absolute Gasteiger partial charge is 0.480 e. The minimum atomic E-state index is -1.64. The third-order valence-electron chi connectivity index (χ3n) is 5.31. The van der Waals surface area contributed by atoms with Crippen molar-refractivity contribution in [2.45, 2.75) is 61.8 Å². The number of carboxylic acid groups (broad SMARTS) is 1. The van der Waals surface area contributed by atoms with Crippen LogP contribution in [-0.2, 0) is 14.4 Å². The summed E-state index contributed by atoms with van der Waals surface area (Å²) >= 11 is 0. The molecule has 1 fully saturated rings. The Bertz CT molecular complexity index is 490. The van der Waals surface area contributed by atoms with Gasteiger partial charge in [-0.2, -0.15) is 0 Å². The molecule has 4 nitrogen and oxygen atoms in total. The lowest BCUT2D eigenvalue weighted by molar-refractivity contribution is -0.181. The summed E-state index contributed by atoms with van der Waals surface area (Å²) in [5.41, 5.74) is -2.80. The molecule has 0 aliphatic heterocycles. The van der Waals surface area contributed by atoms with Gasteiger partial charge in [-0.05, 0) is 29.1 Å². The van der Waals surface area contributed by atoms with Gasteiger partial charge in [0.15, 0.2) is 0 Å². The fourth-order valence-corrected chi connectivity index (χ4v) is 4.05. The Morgan fingerprint density at radius 1 is 1.14 bits per heavy atom. The highest BCUT2D eigenvalue weighted by molar-refractivity contribution is 6.44. The molecular formula is C18H30O4. The van der Waals surface area contributed by atoms with Gasteiger partial charge in [-0.15, -0.1) is 0 Å². The van der Waals surface area contributed by atoms with Gasteiger partial charge in [0, 0.05) is 5.92 Å². The van der Waals surface area contributed by atoms with Gasteiger partial charge >= 0.3 is 5.97 Å². The molecule has 3 unspecified atom stereocenters. The van der Waals surface area contributed by atoms with Crippen molar-refractivity contribution in [2.75, 3.05) is 0 Å². The maximum Gasteiger partial charge on any atom is 0.318 e. The molecule has 0 spiro atoms. The zero-order valence-corrected chi connectivity index (χ0v) is 15.1. The topological polar surface area (TPSA) is 71.4 Å². The van der Waals surface area contributed by atoms with E-state index in [-0.39, 0.29) is 17.3 Å². The number of carbonyl (C=O) groups is 3. The number of carbonyl (C=O) groups excluding carboxylic acids is 2. The molecule has 4 heteroatoms. The summed E-state index contributed by atoms with van der Waals surface area (Å²) in [6.45, 7) is 14.9. The highest BCUT2D eigenvalue weighted by atomic mass is 16.4. The molecule has 1 aliphatic rings. The second-order valence-electron chi connectivity index (χ2n) is 9.06. The molecule has 1 rings (SSSR count). The predicted molar refractivity (Wildman–Crippen MR) is 85.4 cm³/mol. The van der Waals surface area contributed by atoms with E-state index in [0.29, 0.717) is 6.42 Å². The number of hydrogen-bond acceptors (Lipinski definition) is 3. The molecule has 22 heavy (non-hydrogen) atoms. The van der Waals surface area contributed by atoms with Crippen LogP contribution in [0.2, 0.25) is 0 Å². The van der Waals surface area contributed by atoms with Crippen molar-refractivity contribution in [3.05, 3.63) is 0 Å². The summed E-state index contributed by atoms with van der Waals surface area (Å²) in [7, 11) is 0. The fraction of sp³-hybridized carbons (Fsp3) is 0.833. The van der Waals surface area contributed by atoms with E-state index in [1.165, 1.54) is 0 Å². The number of rotatable bonds is 2. The van der Waals surface area contributed by atoms with Gasteiger partial charge in [0.25, 0.3) is 0 Å². The van der Waals surface area contributed by atoms with Crippen molar-refractivity contribution in [1.29, 1.82) is 0 Å². The molecule has 0 radical (unpaired) electrons. The van der Waals surface area contributed by atoms with E-state index in [2.05, 4.69) is 0 Å². The first-order valence-electron chi connectivity index (χ1n) is 8.01. The van der Waals surface area contributed by atoms with Crippen molar-refractivity contribution >= 4 is 17.5 Å². The summed E-state index contributed by atoms with van der Waals surface area (Å²) in [5, 5.41) is 9.95. The van der Waals surface area contributed by atoms with Gasteiger partial charge in [0.05, 0.1) is 0 Å². The highest BCUT2D eigenvalue weighted by Gasteiger charge is 2.66. The highest BCUT2D eigenvalue weighted by Crippen LogP contribution is 2.56. The van der Waals surface area contributed by atoms with E-state index < -0.39 is 34.3 Å². The SMILES string of the molecule is CC(C)C1CC(C(C)(C)C)C(=O)C(=O)C1(C(=O)O)C(C)(C)C. The minimum Gasteiger partial charge on any atom is -0.480 e. The van der Waals surface area contributed by atoms with E-state index in [9.17, 15) is 19.5 Å². The summed E-state index contributed by atoms with van der Waals surface area (Å²) in [6, 6.07) is 0. The summed E-state index contributed by atoms with van der Waals surface area (Å²) in [5.74, 6) is -3.14. The molecule has 1 saturated carbocycles. The summed E-state index contributed by atoms with van der Waals surface area (Å²) < 4.78 is 0. The first-order valence-corrected chi connectivity index (χ1v) is 8.01. The average Bonchev–Trinajstić information content (AvgIpc) is 2.27. The van der Waals surface area contributed by atoms with Gasteiger partial charge in [-0.1, -0.05) is 55.4 Å². The molecule has 1 N–H and O–H groups in total.